The van der Waals surface area contributed by atoms with E-state index in [-0.39, 0.29) is 23.9 Å². The van der Waals surface area contributed by atoms with Gasteiger partial charge in [0.05, 0.1) is 23.0 Å². The zero-order valence-corrected chi connectivity index (χ0v) is 35.8. The van der Waals surface area contributed by atoms with Crippen LogP contribution in [0, 0.1) is 11.8 Å². The number of carbonyl (C=O) groups is 7. The van der Waals surface area contributed by atoms with Crippen LogP contribution in [0.1, 0.15) is 63.6 Å². The van der Waals surface area contributed by atoms with Crippen LogP contribution in [0.25, 0.3) is 0 Å². The summed E-state index contributed by atoms with van der Waals surface area (Å²) in [6, 6.07) is 24.9. The largest absolute Gasteiger partial charge is 0.480 e. The molecule has 4 atom stereocenters. The van der Waals surface area contributed by atoms with Crippen LogP contribution in [0.5, 0.6) is 0 Å². The summed E-state index contributed by atoms with van der Waals surface area (Å²) in [5.41, 5.74) is 8.45. The lowest BCUT2D eigenvalue weighted by Gasteiger charge is -2.36. The van der Waals surface area contributed by atoms with Gasteiger partial charge in [-0.2, -0.15) is 0 Å². The van der Waals surface area contributed by atoms with E-state index >= 15 is 0 Å². The van der Waals surface area contributed by atoms with Gasteiger partial charge < -0.3 is 42.3 Å². The van der Waals surface area contributed by atoms with E-state index in [2.05, 4.69) is 33.2 Å². The molecule has 1 fully saturated rings. The second-order valence-electron chi connectivity index (χ2n) is 15.6. The van der Waals surface area contributed by atoms with Crippen LogP contribution in [-0.2, 0) is 38.3 Å². The first-order valence-corrected chi connectivity index (χ1v) is 21.3. The molecular formula is C45H57N7O8S. The zero-order valence-electron chi connectivity index (χ0n) is 35.0. The minimum absolute atomic E-state index is 0.0225. The Kier molecular flexibility index (Phi) is 17.6. The topological polar surface area (TPSA) is 229 Å². The molecule has 0 radical (unpaired) electrons. The van der Waals surface area contributed by atoms with Gasteiger partial charge in [-0.25, -0.2) is 0 Å². The molecular weight excluding hydrogens is 799 g/mol. The molecule has 1 aliphatic rings. The highest BCUT2D eigenvalue weighted by Crippen LogP contribution is 2.48. The van der Waals surface area contributed by atoms with Gasteiger partial charge in [0.1, 0.15) is 24.7 Å². The van der Waals surface area contributed by atoms with Crippen LogP contribution >= 0.6 is 11.8 Å². The number of rotatable bonds is 21. The summed E-state index contributed by atoms with van der Waals surface area (Å²) in [4.78, 5) is 93.0. The number of amides is 6. The quantitative estimate of drug-likeness (QED) is 0.0612. The third-order valence-corrected chi connectivity index (χ3v) is 11.8. The number of benzene rings is 3. The Labute approximate surface area is 361 Å². The second-order valence-corrected chi connectivity index (χ2v) is 16.9. The Morgan fingerprint density at radius 1 is 0.787 bits per heavy atom. The van der Waals surface area contributed by atoms with E-state index in [1.165, 1.54) is 16.7 Å². The molecule has 15 nitrogen and oxygen atoms in total. The van der Waals surface area contributed by atoms with Crippen LogP contribution in [0.15, 0.2) is 103 Å². The monoisotopic (exact) mass is 855 g/mol. The first-order chi connectivity index (χ1) is 29.0. The van der Waals surface area contributed by atoms with Gasteiger partial charge in [0.25, 0.3) is 5.91 Å². The minimum Gasteiger partial charge on any atom is -0.480 e. The number of nitrogens with one attached hydrogen (secondary N) is 5. The molecule has 8 N–H and O–H groups in total. The minimum atomic E-state index is -1.27. The molecule has 6 amide bonds. The lowest BCUT2D eigenvalue weighted by molar-refractivity contribution is -0.139. The summed E-state index contributed by atoms with van der Waals surface area (Å²) in [6.07, 6.45) is 1.20. The second kappa shape index (κ2) is 22.6. The maximum Gasteiger partial charge on any atom is 0.322 e. The van der Waals surface area contributed by atoms with Gasteiger partial charge in [-0.15, -0.1) is 11.8 Å². The van der Waals surface area contributed by atoms with Gasteiger partial charge in [-0.1, -0.05) is 125 Å². The van der Waals surface area contributed by atoms with Gasteiger partial charge in [-0.3, -0.25) is 33.6 Å². The molecule has 0 aromatic heterocycles. The number of aliphatic carboxylic acids is 1. The van der Waals surface area contributed by atoms with Crippen molar-refractivity contribution in [2.75, 3.05) is 25.4 Å². The number of likely N-dealkylation sites (tertiary alicyclic amines) is 1. The Morgan fingerprint density at radius 3 is 1.82 bits per heavy atom. The van der Waals surface area contributed by atoms with Crippen molar-refractivity contribution in [2.24, 2.45) is 17.6 Å². The lowest BCUT2D eigenvalue weighted by atomic mass is 9.84. The summed E-state index contributed by atoms with van der Waals surface area (Å²) in [7, 11) is 0. The van der Waals surface area contributed by atoms with E-state index in [4.69, 9.17) is 10.8 Å². The molecule has 326 valence electrons. The Hall–Kier alpha value is -6.00. The number of thioether (sulfide) groups is 1. The third-order valence-electron chi connectivity index (χ3n) is 10.2. The van der Waals surface area contributed by atoms with Gasteiger partial charge in [0.15, 0.2) is 0 Å². The predicted octanol–water partition coefficient (Wildman–Crippen LogP) is 2.65. The molecule has 1 aliphatic heterocycles. The molecule has 3 aromatic rings. The first kappa shape index (κ1) is 47.7. The van der Waals surface area contributed by atoms with E-state index in [0.717, 1.165) is 16.7 Å². The molecule has 4 rings (SSSR count). The van der Waals surface area contributed by atoms with E-state index in [0.29, 0.717) is 19.3 Å². The fourth-order valence-electron chi connectivity index (χ4n) is 7.12. The van der Waals surface area contributed by atoms with Crippen molar-refractivity contribution in [1.29, 1.82) is 0 Å². The van der Waals surface area contributed by atoms with Crippen molar-refractivity contribution in [3.8, 4) is 0 Å². The van der Waals surface area contributed by atoms with Gasteiger partial charge in [-0.05, 0) is 47.8 Å². The maximum absolute atomic E-state index is 14.2. The van der Waals surface area contributed by atoms with E-state index in [1.807, 2.05) is 105 Å². The Balaban J connectivity index is 1.58. The molecule has 1 saturated heterocycles. The summed E-state index contributed by atoms with van der Waals surface area (Å²) < 4.78 is -0.890. The molecule has 16 heteroatoms. The van der Waals surface area contributed by atoms with Crippen molar-refractivity contribution in [1.82, 2.24) is 31.5 Å². The molecule has 3 aromatic carbocycles. The number of hydrogen-bond acceptors (Lipinski definition) is 9. The number of nitrogens with zero attached hydrogens (tertiary/aromatic N) is 1. The Bertz CT molecular complexity index is 1920. The van der Waals surface area contributed by atoms with Crippen LogP contribution < -0.4 is 32.3 Å². The molecule has 1 heterocycles. The van der Waals surface area contributed by atoms with E-state index in [9.17, 15) is 33.6 Å². The zero-order chi connectivity index (χ0) is 44.7. The molecule has 0 spiro atoms. The number of carboxylic acid groups (broad SMARTS) is 1. The highest BCUT2D eigenvalue weighted by molar-refractivity contribution is 8.00. The number of carbonyl (C=O) groups excluding carboxylic acids is 6. The fraction of sp³-hybridized carbons (Fsp3) is 0.400. The van der Waals surface area contributed by atoms with Gasteiger partial charge in [0.2, 0.25) is 29.5 Å². The fourth-order valence-corrected chi connectivity index (χ4v) is 8.68. The van der Waals surface area contributed by atoms with Gasteiger partial charge in [0, 0.05) is 12.3 Å². The predicted molar refractivity (Wildman–Crippen MR) is 233 cm³/mol. The standard InChI is InChI=1S/C45H57N7O8S/c1-28(2)24-34(46)40(56)49-30(5)44(60)52-23-15-22-36(52)42(58)47-25-37(53)50-35(41(57)51-39(29(3)4)43(59)48-26-38(54)55)27-61-45(31-16-9-6-10-17-31,32-18-11-7-12-19-32)33-20-13-8-14-21-33/h6-14,16-21,28-29,34-36,39H,5,15,22-27,46H2,1-4H3,(H,47,58)(H,48,59)(H,49,56)(H,50,53)(H,51,57)(H,54,55)/t34-,35-,36-,39-/m0/s1. The maximum atomic E-state index is 14.2. The Morgan fingerprint density at radius 2 is 1.33 bits per heavy atom. The van der Waals surface area contributed by atoms with Crippen LogP contribution in [-0.4, -0.2) is 101 Å². The average Bonchev–Trinajstić information content (AvgIpc) is 3.74. The molecule has 0 unspecified atom stereocenters. The molecule has 0 aliphatic carbocycles. The number of hydrogen-bond donors (Lipinski definition) is 7. The SMILES string of the molecule is C=C(NC(=O)[C@@H](N)CC(C)C)C(=O)N1CCC[C@H]1C(=O)NCC(=O)N[C@@H](CSC(c1ccccc1)(c1ccccc1)c1ccccc1)C(=O)N[C@H](C(=O)NCC(=O)O)C(C)C. The summed E-state index contributed by atoms with van der Waals surface area (Å²) >= 11 is 1.39. The summed E-state index contributed by atoms with van der Waals surface area (Å²) in [6.45, 7) is 9.93. The number of carboxylic acids is 1. The molecule has 0 saturated carbocycles. The molecule has 0 bridgehead atoms. The van der Waals surface area contributed by atoms with Crippen molar-refractivity contribution >= 4 is 53.2 Å². The summed E-state index contributed by atoms with van der Waals surface area (Å²) in [5.74, 6) is -5.55. The van der Waals surface area contributed by atoms with Crippen LogP contribution in [0.3, 0.4) is 0 Å². The van der Waals surface area contributed by atoms with Crippen LogP contribution in [0.4, 0.5) is 0 Å². The van der Waals surface area contributed by atoms with Crippen molar-refractivity contribution < 1.29 is 38.7 Å². The summed E-state index contributed by atoms with van der Waals surface area (Å²) in [5, 5.41) is 22.0. The lowest BCUT2D eigenvalue weighted by Crippen LogP contribution is -2.57. The smallest absolute Gasteiger partial charge is 0.322 e. The van der Waals surface area contributed by atoms with Crippen LogP contribution in [0.2, 0.25) is 0 Å². The van der Waals surface area contributed by atoms with E-state index < -0.39 is 89.3 Å². The first-order valence-electron chi connectivity index (χ1n) is 20.3. The highest BCUT2D eigenvalue weighted by atomic mass is 32.2. The average molecular weight is 856 g/mol. The molecule has 61 heavy (non-hydrogen) atoms. The van der Waals surface area contributed by atoms with Crippen molar-refractivity contribution in [3.63, 3.8) is 0 Å². The van der Waals surface area contributed by atoms with Gasteiger partial charge >= 0.3 is 5.97 Å². The van der Waals surface area contributed by atoms with E-state index in [1.54, 1.807) is 13.8 Å². The normalized spacial score (nSPS) is 15.3. The van der Waals surface area contributed by atoms with Crippen molar-refractivity contribution in [3.05, 3.63) is 120 Å². The number of nitrogens with two attached hydrogens (primary N) is 1. The highest BCUT2D eigenvalue weighted by Gasteiger charge is 2.40. The van der Waals surface area contributed by atoms with Crippen molar-refractivity contribution in [2.45, 2.75) is 75.9 Å². The third kappa shape index (κ3) is 13.0.